The molecule has 13 heavy (non-hydrogen) atoms. The van der Waals surface area contributed by atoms with Gasteiger partial charge in [-0.3, -0.25) is 14.9 Å². The molecule has 5 nitrogen and oxygen atoms in total. The van der Waals surface area contributed by atoms with Crippen molar-refractivity contribution in [2.75, 3.05) is 0 Å². The van der Waals surface area contributed by atoms with Gasteiger partial charge in [-0.15, -0.1) is 11.3 Å². The van der Waals surface area contributed by atoms with Crippen LogP contribution in [0.15, 0.2) is 22.4 Å². The lowest BCUT2D eigenvalue weighted by atomic mass is 10.3. The van der Waals surface area contributed by atoms with Gasteiger partial charge in [-0.25, -0.2) is 0 Å². The Balaban J connectivity index is 2.89. The second-order valence-electron chi connectivity index (χ2n) is 2.42. The number of nitro groups is 1. The summed E-state index contributed by atoms with van der Waals surface area (Å²) in [6.07, 6.45) is 1.12. The molecule has 0 saturated heterocycles. The van der Waals surface area contributed by atoms with E-state index in [-0.39, 0.29) is 0 Å². The van der Waals surface area contributed by atoms with Gasteiger partial charge in [0.15, 0.2) is 0 Å². The molecule has 0 radical (unpaired) electrons. The molecule has 0 spiro atoms. The Bertz CT molecular complexity index is 528. The van der Waals surface area contributed by atoms with E-state index >= 15 is 0 Å². The summed E-state index contributed by atoms with van der Waals surface area (Å²) in [5, 5.41) is 12.1. The van der Waals surface area contributed by atoms with E-state index in [2.05, 4.69) is 4.98 Å². The molecule has 1 N–H and O–H groups in total. The first-order chi connectivity index (χ1) is 6.20. The molecule has 0 aliphatic rings. The first-order valence-corrected chi connectivity index (χ1v) is 4.31. The van der Waals surface area contributed by atoms with Crippen molar-refractivity contribution in [2.45, 2.75) is 0 Å². The van der Waals surface area contributed by atoms with Gasteiger partial charge in [0.25, 0.3) is 5.43 Å². The summed E-state index contributed by atoms with van der Waals surface area (Å²) in [5.41, 5.74) is -0.288. The molecular formula is C7H4N2O3S. The first-order valence-electron chi connectivity index (χ1n) is 3.43. The number of nitrogens with one attached hydrogen (secondary N) is 1. The number of hydrogen-bond donors (Lipinski definition) is 1. The summed E-state index contributed by atoms with van der Waals surface area (Å²) in [7, 11) is 0. The molecule has 0 aliphatic carbocycles. The Hall–Kier alpha value is -1.69. The summed E-state index contributed by atoms with van der Waals surface area (Å²) < 4.78 is 0.397. The van der Waals surface area contributed by atoms with Gasteiger partial charge in [-0.1, -0.05) is 0 Å². The molecule has 2 aromatic rings. The van der Waals surface area contributed by atoms with Crippen LogP contribution in [0.4, 0.5) is 5.69 Å². The Morgan fingerprint density at radius 2 is 2.31 bits per heavy atom. The number of fused-ring (bicyclic) bond motifs is 1. The minimum Gasteiger partial charge on any atom is -0.355 e. The van der Waals surface area contributed by atoms with Gasteiger partial charge < -0.3 is 4.98 Å². The number of thiophene rings is 1. The van der Waals surface area contributed by atoms with Gasteiger partial charge in [-0.2, -0.15) is 0 Å². The maximum atomic E-state index is 11.4. The molecule has 6 heteroatoms. The van der Waals surface area contributed by atoms with Crippen LogP contribution < -0.4 is 5.43 Å². The summed E-state index contributed by atoms with van der Waals surface area (Å²) >= 11 is 1.20. The van der Waals surface area contributed by atoms with Crippen LogP contribution in [-0.2, 0) is 0 Å². The number of aromatic nitrogens is 1. The van der Waals surface area contributed by atoms with Crippen molar-refractivity contribution in [3.05, 3.63) is 38.0 Å². The van der Waals surface area contributed by atoms with Crippen LogP contribution in [0.5, 0.6) is 0 Å². The molecule has 0 amide bonds. The van der Waals surface area contributed by atoms with Gasteiger partial charge >= 0.3 is 5.69 Å². The van der Waals surface area contributed by atoms with E-state index in [0.717, 1.165) is 6.20 Å². The Morgan fingerprint density at radius 3 is 3.00 bits per heavy atom. The highest BCUT2D eigenvalue weighted by Crippen LogP contribution is 2.16. The van der Waals surface area contributed by atoms with Crippen LogP contribution in [0, 0.1) is 10.1 Å². The molecule has 2 aromatic heterocycles. The lowest BCUT2D eigenvalue weighted by molar-refractivity contribution is -0.386. The van der Waals surface area contributed by atoms with Gasteiger partial charge in [0.1, 0.15) is 4.70 Å². The van der Waals surface area contributed by atoms with E-state index < -0.39 is 16.0 Å². The summed E-state index contributed by atoms with van der Waals surface area (Å²) in [6.45, 7) is 0. The van der Waals surface area contributed by atoms with Crippen LogP contribution in [0.25, 0.3) is 10.2 Å². The van der Waals surface area contributed by atoms with Crippen LogP contribution in [0.3, 0.4) is 0 Å². The predicted octanol–water partition coefficient (Wildman–Crippen LogP) is 1.50. The van der Waals surface area contributed by atoms with Crippen LogP contribution in [0.2, 0.25) is 0 Å². The molecule has 0 bridgehead atoms. The molecule has 0 saturated carbocycles. The van der Waals surface area contributed by atoms with Crippen molar-refractivity contribution in [3.63, 3.8) is 0 Å². The minimum atomic E-state index is -0.683. The predicted molar refractivity (Wildman–Crippen MR) is 49.1 cm³/mol. The van der Waals surface area contributed by atoms with E-state index in [1.807, 2.05) is 0 Å². The number of rotatable bonds is 1. The third-order valence-corrected chi connectivity index (χ3v) is 2.58. The minimum absolute atomic E-state index is 0.397. The number of nitrogens with zero attached hydrogens (tertiary/aromatic N) is 1. The Labute approximate surface area is 75.8 Å². The zero-order valence-electron chi connectivity index (χ0n) is 6.31. The fraction of sp³-hybridized carbons (Fsp3) is 0. The highest BCUT2D eigenvalue weighted by atomic mass is 32.1. The van der Waals surface area contributed by atoms with Crippen molar-refractivity contribution in [1.82, 2.24) is 4.98 Å². The van der Waals surface area contributed by atoms with Crippen molar-refractivity contribution in [1.29, 1.82) is 0 Å². The van der Waals surface area contributed by atoms with Gasteiger partial charge in [-0.05, 0) is 11.4 Å². The van der Waals surface area contributed by atoms with Gasteiger partial charge in [0.05, 0.1) is 16.6 Å². The molecule has 66 valence electrons. The lowest BCUT2D eigenvalue weighted by Crippen LogP contribution is -2.07. The van der Waals surface area contributed by atoms with E-state index in [1.54, 1.807) is 11.4 Å². The van der Waals surface area contributed by atoms with E-state index in [0.29, 0.717) is 10.2 Å². The largest absolute Gasteiger partial charge is 0.355 e. The van der Waals surface area contributed by atoms with Crippen LogP contribution >= 0.6 is 11.3 Å². The highest BCUT2D eigenvalue weighted by Gasteiger charge is 2.14. The molecule has 0 fully saturated rings. The lowest BCUT2D eigenvalue weighted by Gasteiger charge is -1.90. The van der Waals surface area contributed by atoms with E-state index in [9.17, 15) is 14.9 Å². The van der Waals surface area contributed by atoms with E-state index in [4.69, 9.17) is 0 Å². The molecular weight excluding hydrogens is 192 g/mol. The van der Waals surface area contributed by atoms with Crippen molar-refractivity contribution >= 4 is 27.2 Å². The van der Waals surface area contributed by atoms with Gasteiger partial charge in [0, 0.05) is 0 Å². The van der Waals surface area contributed by atoms with Crippen LogP contribution in [0.1, 0.15) is 0 Å². The second-order valence-corrected chi connectivity index (χ2v) is 3.34. The topological polar surface area (TPSA) is 76.0 Å². The molecule has 2 heterocycles. The molecule has 2 rings (SSSR count). The molecule has 0 aliphatic heterocycles. The van der Waals surface area contributed by atoms with Crippen molar-refractivity contribution in [3.8, 4) is 0 Å². The number of hydrogen-bond acceptors (Lipinski definition) is 4. The fourth-order valence-electron chi connectivity index (χ4n) is 1.06. The molecule has 0 unspecified atom stereocenters. The quantitative estimate of drug-likeness (QED) is 0.554. The maximum absolute atomic E-state index is 11.4. The Kier molecular flexibility index (Phi) is 1.63. The maximum Gasteiger partial charge on any atom is 0.333 e. The standard InChI is InChI=1S/C7H4N2O3S/c10-6-5(9(11)12)3-8-4-1-2-13-7(4)6/h1-3H,(H,8,10). The zero-order valence-corrected chi connectivity index (χ0v) is 7.13. The molecule has 0 aromatic carbocycles. The SMILES string of the molecule is O=c1c([N+](=O)[O-])c[nH]c2ccsc12. The number of aromatic amines is 1. The zero-order chi connectivity index (χ0) is 9.42. The van der Waals surface area contributed by atoms with Crippen molar-refractivity contribution < 1.29 is 4.92 Å². The Morgan fingerprint density at radius 1 is 1.54 bits per heavy atom. The summed E-state index contributed by atoms with van der Waals surface area (Å²) in [5.74, 6) is 0. The second kappa shape index (κ2) is 2.67. The normalized spacial score (nSPS) is 10.5. The summed E-state index contributed by atoms with van der Waals surface area (Å²) in [4.78, 5) is 23.8. The smallest absolute Gasteiger partial charge is 0.333 e. The first kappa shape index (κ1) is 7.93. The monoisotopic (exact) mass is 196 g/mol. The third kappa shape index (κ3) is 1.11. The fourth-order valence-corrected chi connectivity index (χ4v) is 1.87. The average molecular weight is 196 g/mol. The van der Waals surface area contributed by atoms with E-state index in [1.165, 1.54) is 11.3 Å². The highest BCUT2D eigenvalue weighted by molar-refractivity contribution is 7.17. The third-order valence-electron chi connectivity index (χ3n) is 1.67. The number of pyridine rings is 1. The summed E-state index contributed by atoms with van der Waals surface area (Å²) in [6, 6.07) is 1.71. The average Bonchev–Trinajstić information content (AvgIpc) is 2.52. The van der Waals surface area contributed by atoms with Crippen molar-refractivity contribution in [2.24, 2.45) is 0 Å². The van der Waals surface area contributed by atoms with Crippen LogP contribution in [-0.4, -0.2) is 9.91 Å². The molecule has 0 atom stereocenters. The number of H-pyrrole nitrogens is 1. The van der Waals surface area contributed by atoms with Gasteiger partial charge in [0.2, 0.25) is 0 Å².